The number of ether oxygens (including phenoxy) is 1. The zero-order valence-electron chi connectivity index (χ0n) is 20.9. The van der Waals surface area contributed by atoms with E-state index in [1.165, 1.54) is 10.8 Å². The van der Waals surface area contributed by atoms with E-state index in [0.717, 1.165) is 45.3 Å². The molecule has 0 amide bonds. The van der Waals surface area contributed by atoms with Crippen molar-refractivity contribution in [3.8, 4) is 0 Å². The largest absolute Gasteiger partial charge is 0.465 e. The molecule has 6 rings (SSSR count). The summed E-state index contributed by atoms with van der Waals surface area (Å²) in [6.45, 7) is 6.66. The van der Waals surface area contributed by atoms with Crippen molar-refractivity contribution < 1.29 is 14.3 Å². The van der Waals surface area contributed by atoms with Gasteiger partial charge in [0.25, 0.3) is 0 Å². The number of para-hydroxylation sites is 1. The summed E-state index contributed by atoms with van der Waals surface area (Å²) in [5.41, 5.74) is 6.06. The average Bonchev–Trinajstić information content (AvgIpc) is 3.20. The Morgan fingerprint density at radius 1 is 1.03 bits per heavy atom. The van der Waals surface area contributed by atoms with Gasteiger partial charge in [0, 0.05) is 45.9 Å². The lowest BCUT2D eigenvalue weighted by Gasteiger charge is -2.40. The van der Waals surface area contributed by atoms with Gasteiger partial charge in [0.15, 0.2) is 5.78 Å². The summed E-state index contributed by atoms with van der Waals surface area (Å²) >= 11 is 0. The van der Waals surface area contributed by atoms with Crippen molar-refractivity contribution in [2.75, 3.05) is 11.9 Å². The predicted molar refractivity (Wildman–Crippen MR) is 144 cm³/mol. The van der Waals surface area contributed by atoms with Gasteiger partial charge in [-0.05, 0) is 47.2 Å². The fourth-order valence-corrected chi connectivity index (χ4v) is 6.05. The first kappa shape index (κ1) is 22.6. The van der Waals surface area contributed by atoms with Gasteiger partial charge in [0.05, 0.1) is 12.6 Å². The second-order valence-electron chi connectivity index (χ2n) is 10.7. The first-order chi connectivity index (χ1) is 17.4. The van der Waals surface area contributed by atoms with Crippen LogP contribution >= 0.6 is 0 Å². The van der Waals surface area contributed by atoms with E-state index in [-0.39, 0.29) is 29.8 Å². The lowest BCUT2D eigenvalue weighted by molar-refractivity contribution is -0.143. The summed E-state index contributed by atoms with van der Waals surface area (Å²) < 4.78 is 7.17. The van der Waals surface area contributed by atoms with Gasteiger partial charge < -0.3 is 14.6 Å². The topological polar surface area (TPSA) is 60.3 Å². The van der Waals surface area contributed by atoms with Crippen molar-refractivity contribution in [3.05, 3.63) is 83.6 Å². The average molecular weight is 479 g/mol. The van der Waals surface area contributed by atoms with Crippen LogP contribution in [-0.2, 0) is 20.9 Å². The number of benzene rings is 3. The van der Waals surface area contributed by atoms with Crippen molar-refractivity contribution in [1.29, 1.82) is 0 Å². The molecule has 36 heavy (non-hydrogen) atoms. The molecule has 4 aromatic rings. The van der Waals surface area contributed by atoms with E-state index in [2.05, 4.69) is 61.6 Å². The molecule has 0 saturated carbocycles. The molecule has 1 aliphatic heterocycles. The second kappa shape index (κ2) is 8.37. The first-order valence-corrected chi connectivity index (χ1v) is 12.6. The van der Waals surface area contributed by atoms with Crippen LogP contribution in [0.1, 0.15) is 50.8 Å². The molecule has 0 saturated heterocycles. The minimum Gasteiger partial charge on any atom is -0.465 e. The summed E-state index contributed by atoms with van der Waals surface area (Å²) in [4.78, 5) is 26.2. The monoisotopic (exact) mass is 478 g/mol. The Labute approximate surface area is 210 Å². The molecule has 5 heteroatoms. The number of Topliss-reactive ketones (excluding diaryl/α,β-unsaturated/α-hetero) is 1. The third-order valence-corrected chi connectivity index (χ3v) is 7.47. The maximum atomic E-state index is 13.8. The zero-order chi connectivity index (χ0) is 25.0. The van der Waals surface area contributed by atoms with Crippen LogP contribution < -0.4 is 5.32 Å². The number of nitrogens with one attached hydrogen (secondary N) is 1. The SMILES string of the molecule is CCOC(=O)Cn1cc([C@H]2Nc3ccc4ccccc4c3C3=C2C(=O)CC(C)(C)C3)c2ccccc21. The van der Waals surface area contributed by atoms with Crippen LogP contribution in [0.5, 0.6) is 0 Å². The number of rotatable bonds is 4. The molecule has 1 N–H and O–H groups in total. The van der Waals surface area contributed by atoms with Crippen LogP contribution in [0.4, 0.5) is 5.69 Å². The summed E-state index contributed by atoms with van der Waals surface area (Å²) in [5.74, 6) is -0.0758. The number of anilines is 1. The highest BCUT2D eigenvalue weighted by Crippen LogP contribution is 2.52. The highest BCUT2D eigenvalue weighted by molar-refractivity contribution is 6.13. The van der Waals surface area contributed by atoms with Gasteiger partial charge in [0.1, 0.15) is 6.54 Å². The molecule has 2 aliphatic rings. The number of nitrogens with zero attached hydrogens (tertiary/aromatic N) is 1. The number of hydrogen-bond donors (Lipinski definition) is 1. The number of ketones is 1. The van der Waals surface area contributed by atoms with E-state index >= 15 is 0 Å². The Morgan fingerprint density at radius 3 is 2.58 bits per heavy atom. The molecule has 182 valence electrons. The maximum Gasteiger partial charge on any atom is 0.325 e. The van der Waals surface area contributed by atoms with Crippen molar-refractivity contribution in [2.24, 2.45) is 5.41 Å². The molecule has 0 radical (unpaired) electrons. The van der Waals surface area contributed by atoms with E-state index in [1.807, 2.05) is 35.9 Å². The Bertz CT molecular complexity index is 1570. The molecule has 1 aliphatic carbocycles. The smallest absolute Gasteiger partial charge is 0.325 e. The molecule has 2 heterocycles. The standard InChI is InChI=1S/C31H30N2O3/c1-4-36-27(35)18-33-17-23(21-11-7-8-12-25(21)33)30-29-22(15-31(2,3)16-26(29)34)28-20-10-6-5-9-19(20)13-14-24(28)32-30/h5-14,17,30,32H,4,15-16,18H2,1-3H3/t30-/m1/s1. The number of esters is 1. The highest BCUT2D eigenvalue weighted by atomic mass is 16.5. The summed E-state index contributed by atoms with van der Waals surface area (Å²) in [5, 5.41) is 7.11. The van der Waals surface area contributed by atoms with Crippen molar-refractivity contribution in [2.45, 2.75) is 46.2 Å². The molecule has 0 unspecified atom stereocenters. The van der Waals surface area contributed by atoms with Crippen LogP contribution in [0.2, 0.25) is 0 Å². The number of hydrogen-bond acceptors (Lipinski definition) is 4. The van der Waals surface area contributed by atoms with Gasteiger partial charge in [-0.3, -0.25) is 9.59 Å². The van der Waals surface area contributed by atoms with Gasteiger partial charge in [-0.2, -0.15) is 0 Å². The Balaban J connectivity index is 1.58. The molecular formula is C31H30N2O3. The van der Waals surface area contributed by atoms with Crippen molar-refractivity contribution in [1.82, 2.24) is 4.57 Å². The Hall–Kier alpha value is -3.86. The van der Waals surface area contributed by atoms with Gasteiger partial charge in [0.2, 0.25) is 0 Å². The van der Waals surface area contributed by atoms with Crippen LogP contribution in [0.3, 0.4) is 0 Å². The van der Waals surface area contributed by atoms with Crippen LogP contribution in [0.25, 0.3) is 27.2 Å². The van der Waals surface area contributed by atoms with E-state index < -0.39 is 0 Å². The lowest BCUT2D eigenvalue weighted by Crippen LogP contribution is -2.33. The molecule has 1 atom stereocenters. The van der Waals surface area contributed by atoms with Crippen LogP contribution in [0, 0.1) is 5.41 Å². The summed E-state index contributed by atoms with van der Waals surface area (Å²) in [7, 11) is 0. The molecule has 0 fully saturated rings. The quantitative estimate of drug-likeness (QED) is 0.333. The third-order valence-electron chi connectivity index (χ3n) is 7.47. The van der Waals surface area contributed by atoms with Gasteiger partial charge in [-0.15, -0.1) is 0 Å². The lowest BCUT2D eigenvalue weighted by atomic mass is 9.68. The normalized spacial score (nSPS) is 18.6. The van der Waals surface area contributed by atoms with Gasteiger partial charge >= 0.3 is 5.97 Å². The molecule has 0 bridgehead atoms. The van der Waals surface area contributed by atoms with Gasteiger partial charge in [-0.25, -0.2) is 0 Å². The van der Waals surface area contributed by atoms with Crippen LogP contribution in [0.15, 0.2) is 72.4 Å². The highest BCUT2D eigenvalue weighted by Gasteiger charge is 2.41. The van der Waals surface area contributed by atoms with Crippen molar-refractivity contribution >= 4 is 44.7 Å². The van der Waals surface area contributed by atoms with Crippen molar-refractivity contribution in [3.63, 3.8) is 0 Å². The Morgan fingerprint density at radius 2 is 1.78 bits per heavy atom. The summed E-state index contributed by atoms with van der Waals surface area (Å²) in [6, 6.07) is 20.5. The minimum atomic E-state index is -0.286. The number of fused-ring (bicyclic) bond motifs is 5. The molecule has 1 aromatic heterocycles. The fourth-order valence-electron chi connectivity index (χ4n) is 6.05. The van der Waals surface area contributed by atoms with E-state index in [0.29, 0.717) is 13.0 Å². The molecular weight excluding hydrogens is 448 g/mol. The predicted octanol–water partition coefficient (Wildman–Crippen LogP) is 6.67. The molecule has 3 aromatic carbocycles. The Kier molecular flexibility index (Phi) is 5.25. The summed E-state index contributed by atoms with van der Waals surface area (Å²) in [6.07, 6.45) is 3.38. The van der Waals surface area contributed by atoms with Crippen LogP contribution in [-0.4, -0.2) is 22.9 Å². The van der Waals surface area contributed by atoms with E-state index in [1.54, 1.807) is 0 Å². The second-order valence-corrected chi connectivity index (χ2v) is 10.7. The minimum absolute atomic E-state index is 0.107. The molecule has 5 nitrogen and oxygen atoms in total. The fraction of sp³-hybridized carbons (Fsp3) is 0.290. The maximum absolute atomic E-state index is 13.8. The number of allylic oxidation sites excluding steroid dienone is 1. The first-order valence-electron chi connectivity index (χ1n) is 12.6. The van der Waals surface area contributed by atoms with E-state index in [9.17, 15) is 9.59 Å². The van der Waals surface area contributed by atoms with E-state index in [4.69, 9.17) is 4.74 Å². The van der Waals surface area contributed by atoms with Gasteiger partial charge in [-0.1, -0.05) is 62.4 Å². The molecule has 0 spiro atoms. The zero-order valence-corrected chi connectivity index (χ0v) is 20.9. The number of aromatic nitrogens is 1. The number of carbonyl (C=O) groups excluding carboxylic acids is 2. The number of carbonyl (C=O) groups is 2. The third kappa shape index (κ3) is 3.62.